The normalized spacial score (nSPS) is 12.5. The fourth-order valence-corrected chi connectivity index (χ4v) is 1.86. The molecule has 0 aliphatic heterocycles. The van der Waals surface area contributed by atoms with Gasteiger partial charge in [-0.05, 0) is 49.1 Å². The van der Waals surface area contributed by atoms with Crippen LogP contribution in [0.4, 0.5) is 0 Å². The Morgan fingerprint density at radius 2 is 2.20 bits per heavy atom. The molecule has 1 aromatic carbocycles. The molecule has 0 aromatic heterocycles. The van der Waals surface area contributed by atoms with Crippen molar-refractivity contribution in [2.45, 2.75) is 19.8 Å². The largest absolute Gasteiger partial charge is 0.496 e. The molecule has 1 aromatic rings. The SMILES string of the molecule is COc1ccc(Cl)cc1CC(C)CCN. The van der Waals surface area contributed by atoms with E-state index in [1.54, 1.807) is 7.11 Å². The average Bonchev–Trinajstić information content (AvgIpc) is 2.18. The maximum atomic E-state index is 5.95. The first-order valence-electron chi connectivity index (χ1n) is 5.20. The Hall–Kier alpha value is -0.730. The minimum atomic E-state index is 0.558. The number of halogens is 1. The Labute approximate surface area is 96.4 Å². The van der Waals surface area contributed by atoms with Gasteiger partial charge in [0.05, 0.1) is 7.11 Å². The Morgan fingerprint density at radius 3 is 2.80 bits per heavy atom. The zero-order valence-corrected chi connectivity index (χ0v) is 10.1. The van der Waals surface area contributed by atoms with E-state index in [0.29, 0.717) is 5.92 Å². The lowest BCUT2D eigenvalue weighted by Crippen LogP contribution is -2.08. The van der Waals surface area contributed by atoms with Crippen molar-refractivity contribution in [2.24, 2.45) is 11.7 Å². The summed E-state index contributed by atoms with van der Waals surface area (Å²) in [5, 5.41) is 0.755. The van der Waals surface area contributed by atoms with Gasteiger partial charge in [0.25, 0.3) is 0 Å². The van der Waals surface area contributed by atoms with Crippen LogP contribution in [0.25, 0.3) is 0 Å². The zero-order chi connectivity index (χ0) is 11.3. The van der Waals surface area contributed by atoms with Crippen LogP contribution in [0, 0.1) is 5.92 Å². The fourth-order valence-electron chi connectivity index (χ4n) is 1.67. The monoisotopic (exact) mass is 227 g/mol. The molecule has 0 fully saturated rings. The standard InChI is InChI=1S/C12H18ClNO/c1-9(5-6-14)7-10-8-11(13)3-4-12(10)15-2/h3-4,8-9H,5-7,14H2,1-2H3. The molecule has 0 heterocycles. The highest BCUT2D eigenvalue weighted by Crippen LogP contribution is 2.25. The summed E-state index contributed by atoms with van der Waals surface area (Å²) in [7, 11) is 1.68. The number of ether oxygens (including phenoxy) is 1. The van der Waals surface area contributed by atoms with E-state index in [1.165, 1.54) is 0 Å². The third-order valence-corrected chi connectivity index (χ3v) is 2.71. The van der Waals surface area contributed by atoms with Gasteiger partial charge in [0.1, 0.15) is 5.75 Å². The predicted molar refractivity (Wildman–Crippen MR) is 64.5 cm³/mol. The molecule has 0 aliphatic carbocycles. The van der Waals surface area contributed by atoms with Gasteiger partial charge in [-0.15, -0.1) is 0 Å². The Morgan fingerprint density at radius 1 is 1.47 bits per heavy atom. The third kappa shape index (κ3) is 3.73. The molecular weight excluding hydrogens is 210 g/mol. The first-order valence-corrected chi connectivity index (χ1v) is 5.57. The number of hydrogen-bond donors (Lipinski definition) is 1. The van der Waals surface area contributed by atoms with Crippen molar-refractivity contribution in [1.29, 1.82) is 0 Å². The summed E-state index contributed by atoms with van der Waals surface area (Å²) in [5.41, 5.74) is 6.68. The lowest BCUT2D eigenvalue weighted by molar-refractivity contribution is 0.404. The molecule has 1 unspecified atom stereocenters. The molecular formula is C12H18ClNO. The first kappa shape index (κ1) is 12.3. The van der Waals surface area contributed by atoms with Crippen LogP contribution < -0.4 is 10.5 Å². The van der Waals surface area contributed by atoms with E-state index >= 15 is 0 Å². The van der Waals surface area contributed by atoms with E-state index < -0.39 is 0 Å². The molecule has 0 saturated heterocycles. The van der Waals surface area contributed by atoms with Gasteiger partial charge in [0, 0.05) is 5.02 Å². The van der Waals surface area contributed by atoms with Crippen molar-refractivity contribution in [1.82, 2.24) is 0 Å². The summed E-state index contributed by atoms with van der Waals surface area (Å²) in [4.78, 5) is 0. The van der Waals surface area contributed by atoms with Crippen molar-refractivity contribution >= 4 is 11.6 Å². The van der Waals surface area contributed by atoms with Gasteiger partial charge in [-0.25, -0.2) is 0 Å². The average molecular weight is 228 g/mol. The Kier molecular flexibility index (Phi) is 4.92. The maximum Gasteiger partial charge on any atom is 0.122 e. The van der Waals surface area contributed by atoms with E-state index in [4.69, 9.17) is 22.1 Å². The van der Waals surface area contributed by atoms with Crippen molar-refractivity contribution < 1.29 is 4.74 Å². The molecule has 15 heavy (non-hydrogen) atoms. The highest BCUT2D eigenvalue weighted by molar-refractivity contribution is 6.30. The summed E-state index contributed by atoms with van der Waals surface area (Å²) in [6.45, 7) is 2.91. The van der Waals surface area contributed by atoms with Crippen LogP contribution >= 0.6 is 11.6 Å². The molecule has 0 amide bonds. The van der Waals surface area contributed by atoms with E-state index in [2.05, 4.69) is 6.92 Å². The van der Waals surface area contributed by atoms with Crippen molar-refractivity contribution in [3.63, 3.8) is 0 Å². The summed E-state index contributed by atoms with van der Waals surface area (Å²) >= 11 is 5.95. The van der Waals surface area contributed by atoms with Gasteiger partial charge in [0.2, 0.25) is 0 Å². The van der Waals surface area contributed by atoms with Gasteiger partial charge >= 0.3 is 0 Å². The van der Waals surface area contributed by atoms with E-state index in [1.807, 2.05) is 18.2 Å². The molecule has 1 rings (SSSR count). The maximum absolute atomic E-state index is 5.95. The van der Waals surface area contributed by atoms with Gasteiger partial charge < -0.3 is 10.5 Å². The molecule has 1 atom stereocenters. The van der Waals surface area contributed by atoms with Crippen LogP contribution in [0.1, 0.15) is 18.9 Å². The highest BCUT2D eigenvalue weighted by atomic mass is 35.5. The molecule has 3 heteroatoms. The summed E-state index contributed by atoms with van der Waals surface area (Å²) < 4.78 is 5.29. The molecule has 0 spiro atoms. The lowest BCUT2D eigenvalue weighted by Gasteiger charge is -2.13. The molecule has 84 valence electrons. The van der Waals surface area contributed by atoms with Crippen LogP contribution in [-0.2, 0) is 6.42 Å². The predicted octanol–water partition coefficient (Wildman–Crippen LogP) is 2.88. The number of rotatable bonds is 5. The van der Waals surface area contributed by atoms with Crippen LogP contribution in [0.2, 0.25) is 5.02 Å². The number of benzene rings is 1. The molecule has 0 radical (unpaired) electrons. The van der Waals surface area contributed by atoms with Gasteiger partial charge in [-0.2, -0.15) is 0 Å². The van der Waals surface area contributed by atoms with E-state index in [9.17, 15) is 0 Å². The minimum absolute atomic E-state index is 0.558. The number of methoxy groups -OCH3 is 1. The molecule has 0 saturated carbocycles. The third-order valence-electron chi connectivity index (χ3n) is 2.47. The summed E-state index contributed by atoms with van der Waals surface area (Å²) in [6.07, 6.45) is 1.98. The van der Waals surface area contributed by atoms with Crippen molar-refractivity contribution in [3.8, 4) is 5.75 Å². The lowest BCUT2D eigenvalue weighted by atomic mass is 9.97. The quantitative estimate of drug-likeness (QED) is 0.840. The Bertz CT molecular complexity index is 314. The second kappa shape index (κ2) is 5.99. The number of nitrogens with two attached hydrogens (primary N) is 1. The zero-order valence-electron chi connectivity index (χ0n) is 9.29. The number of hydrogen-bond acceptors (Lipinski definition) is 2. The molecule has 0 bridgehead atoms. The van der Waals surface area contributed by atoms with Gasteiger partial charge in [-0.1, -0.05) is 18.5 Å². The van der Waals surface area contributed by atoms with Crippen LogP contribution in [0.15, 0.2) is 18.2 Å². The van der Waals surface area contributed by atoms with Crippen LogP contribution in [-0.4, -0.2) is 13.7 Å². The highest BCUT2D eigenvalue weighted by Gasteiger charge is 2.08. The molecule has 2 N–H and O–H groups in total. The van der Waals surface area contributed by atoms with Gasteiger partial charge in [0.15, 0.2) is 0 Å². The van der Waals surface area contributed by atoms with Crippen molar-refractivity contribution in [3.05, 3.63) is 28.8 Å². The van der Waals surface area contributed by atoms with Crippen LogP contribution in [0.5, 0.6) is 5.75 Å². The van der Waals surface area contributed by atoms with Gasteiger partial charge in [-0.3, -0.25) is 0 Å². The smallest absolute Gasteiger partial charge is 0.122 e. The topological polar surface area (TPSA) is 35.2 Å². The van der Waals surface area contributed by atoms with E-state index in [-0.39, 0.29) is 0 Å². The second-order valence-corrected chi connectivity index (χ2v) is 4.28. The van der Waals surface area contributed by atoms with Crippen molar-refractivity contribution in [2.75, 3.05) is 13.7 Å². The molecule has 2 nitrogen and oxygen atoms in total. The fraction of sp³-hybridized carbons (Fsp3) is 0.500. The Balaban J connectivity index is 2.77. The summed E-state index contributed by atoms with van der Waals surface area (Å²) in [6, 6.07) is 5.72. The van der Waals surface area contributed by atoms with E-state index in [0.717, 1.165) is 35.7 Å². The summed E-state index contributed by atoms with van der Waals surface area (Å²) in [5.74, 6) is 1.46. The first-order chi connectivity index (χ1) is 7.17. The minimum Gasteiger partial charge on any atom is -0.496 e. The van der Waals surface area contributed by atoms with Crippen LogP contribution in [0.3, 0.4) is 0 Å². The molecule has 0 aliphatic rings. The second-order valence-electron chi connectivity index (χ2n) is 3.84.